The normalized spacial score (nSPS) is 10.8. The molecule has 0 saturated heterocycles. The summed E-state index contributed by atoms with van der Waals surface area (Å²) in [7, 11) is 0. The van der Waals surface area contributed by atoms with E-state index in [1.807, 2.05) is 61.5 Å². The molecule has 0 unspecified atom stereocenters. The van der Waals surface area contributed by atoms with Crippen LogP contribution in [0.25, 0.3) is 22.6 Å². The average molecular weight is 314 g/mol. The van der Waals surface area contributed by atoms with Crippen molar-refractivity contribution in [3.8, 4) is 22.6 Å². The minimum atomic E-state index is 0.632. The predicted octanol–water partition coefficient (Wildman–Crippen LogP) is 4.15. The quantitative estimate of drug-likeness (QED) is 0.433. The van der Waals surface area contributed by atoms with E-state index in [1.165, 1.54) is 0 Å². The number of aryl methyl sites for hydroxylation is 1. The molecule has 3 rings (SSSR count). The molecule has 112 valence electrons. The van der Waals surface area contributed by atoms with Gasteiger partial charge in [0.1, 0.15) is 5.69 Å². The van der Waals surface area contributed by atoms with Crippen LogP contribution in [0.2, 0.25) is 0 Å². The smallest absolute Gasteiger partial charge is 0.192 e. The van der Waals surface area contributed by atoms with Crippen molar-refractivity contribution in [1.29, 1.82) is 0 Å². The molecule has 0 spiro atoms. The molecule has 1 aromatic heterocycles. The zero-order valence-corrected chi connectivity index (χ0v) is 12.7. The van der Waals surface area contributed by atoms with Crippen LogP contribution in [0.4, 0.5) is 0 Å². The molecule has 3 aromatic rings. The molecule has 2 N–H and O–H groups in total. The summed E-state index contributed by atoms with van der Waals surface area (Å²) >= 11 is 1.04. The molecule has 0 radical (unpaired) electrons. The van der Waals surface area contributed by atoms with E-state index in [4.69, 9.17) is 10.3 Å². The summed E-state index contributed by atoms with van der Waals surface area (Å²) in [6, 6.07) is 17.6. The SMILES string of the molecule is Cc1nc(-c2ccccc2)c(-c2ccc(SOON)cc2)o1. The molecule has 5 nitrogen and oxygen atoms in total. The fourth-order valence-electron chi connectivity index (χ4n) is 2.14. The van der Waals surface area contributed by atoms with E-state index in [0.717, 1.165) is 39.5 Å². The van der Waals surface area contributed by atoms with Gasteiger partial charge in [-0.05, 0) is 24.3 Å². The van der Waals surface area contributed by atoms with Crippen LogP contribution in [0, 0.1) is 6.92 Å². The maximum atomic E-state index is 5.78. The van der Waals surface area contributed by atoms with E-state index < -0.39 is 0 Å². The van der Waals surface area contributed by atoms with Crippen molar-refractivity contribution >= 4 is 12.0 Å². The van der Waals surface area contributed by atoms with Gasteiger partial charge in [0, 0.05) is 22.9 Å². The standard InChI is InChI=1S/C16H14N2O3S/c1-11-18-15(12-5-3-2-4-6-12)16(19-11)13-7-9-14(10-8-13)22-21-20-17/h2-10H,17H2,1H3. The Kier molecular flexibility index (Phi) is 4.55. The fraction of sp³-hybridized carbons (Fsp3) is 0.0625. The van der Waals surface area contributed by atoms with E-state index >= 15 is 0 Å². The highest BCUT2D eigenvalue weighted by atomic mass is 32.2. The van der Waals surface area contributed by atoms with Crippen LogP contribution in [0.5, 0.6) is 0 Å². The van der Waals surface area contributed by atoms with Gasteiger partial charge in [0.25, 0.3) is 0 Å². The lowest BCUT2D eigenvalue weighted by Gasteiger charge is -2.03. The first-order chi connectivity index (χ1) is 10.8. The third kappa shape index (κ3) is 3.20. The van der Waals surface area contributed by atoms with Gasteiger partial charge in [-0.1, -0.05) is 30.3 Å². The predicted molar refractivity (Wildman–Crippen MR) is 84.3 cm³/mol. The summed E-state index contributed by atoms with van der Waals surface area (Å²) in [4.78, 5) is 9.44. The second-order valence-electron chi connectivity index (χ2n) is 4.55. The third-order valence-corrected chi connectivity index (χ3v) is 3.68. The Hall–Kier alpha value is -2.12. The summed E-state index contributed by atoms with van der Waals surface area (Å²) in [5, 5.41) is 0. The number of nitrogens with zero attached hydrogens (tertiary/aromatic N) is 1. The van der Waals surface area contributed by atoms with Gasteiger partial charge >= 0.3 is 0 Å². The van der Waals surface area contributed by atoms with Gasteiger partial charge in [-0.25, -0.2) is 4.98 Å². The van der Waals surface area contributed by atoms with Gasteiger partial charge in [-0.3, -0.25) is 0 Å². The Labute approximate surface area is 132 Å². The minimum absolute atomic E-state index is 0.632. The monoisotopic (exact) mass is 314 g/mol. The first-order valence-electron chi connectivity index (χ1n) is 6.61. The van der Waals surface area contributed by atoms with Crippen molar-refractivity contribution in [3.63, 3.8) is 0 Å². The summed E-state index contributed by atoms with van der Waals surface area (Å²) < 4.78 is 10.4. The lowest BCUT2D eigenvalue weighted by Crippen LogP contribution is -1.93. The van der Waals surface area contributed by atoms with Gasteiger partial charge < -0.3 is 4.42 Å². The highest BCUT2D eigenvalue weighted by Gasteiger charge is 2.15. The molecule has 1 heterocycles. The van der Waals surface area contributed by atoms with Crippen molar-refractivity contribution in [1.82, 2.24) is 4.98 Å². The van der Waals surface area contributed by atoms with Crippen molar-refractivity contribution in [2.24, 2.45) is 5.90 Å². The van der Waals surface area contributed by atoms with E-state index in [2.05, 4.69) is 14.3 Å². The van der Waals surface area contributed by atoms with Crippen molar-refractivity contribution < 1.29 is 13.7 Å². The first-order valence-corrected chi connectivity index (χ1v) is 7.35. The topological polar surface area (TPSA) is 70.5 Å². The largest absolute Gasteiger partial charge is 0.440 e. The molecular formula is C16H14N2O3S. The van der Waals surface area contributed by atoms with Crippen LogP contribution in [0.15, 0.2) is 63.9 Å². The summed E-state index contributed by atoms with van der Waals surface area (Å²) in [5.74, 6) is 6.20. The second-order valence-corrected chi connectivity index (χ2v) is 5.32. The molecule has 0 aliphatic heterocycles. The lowest BCUT2D eigenvalue weighted by molar-refractivity contribution is -0.195. The van der Waals surface area contributed by atoms with Crippen LogP contribution in [-0.4, -0.2) is 4.98 Å². The number of hydrogen-bond donors (Lipinski definition) is 1. The number of oxazole rings is 1. The highest BCUT2D eigenvalue weighted by molar-refractivity contribution is 7.94. The molecule has 2 aromatic carbocycles. The van der Waals surface area contributed by atoms with Crippen molar-refractivity contribution in [2.45, 2.75) is 11.8 Å². The maximum absolute atomic E-state index is 5.78. The van der Waals surface area contributed by atoms with E-state index in [9.17, 15) is 0 Å². The van der Waals surface area contributed by atoms with Gasteiger partial charge in [0.15, 0.2) is 11.7 Å². The van der Waals surface area contributed by atoms with Crippen molar-refractivity contribution in [3.05, 3.63) is 60.5 Å². The number of benzene rings is 2. The Bertz CT molecular complexity index is 742. The van der Waals surface area contributed by atoms with E-state index in [-0.39, 0.29) is 0 Å². The Morgan fingerprint density at radius 3 is 2.41 bits per heavy atom. The van der Waals surface area contributed by atoms with Crippen LogP contribution in [0.3, 0.4) is 0 Å². The summed E-state index contributed by atoms with van der Waals surface area (Å²) in [6.07, 6.45) is 0. The molecule has 0 fully saturated rings. The van der Waals surface area contributed by atoms with Crippen LogP contribution >= 0.6 is 12.0 Å². The number of aromatic nitrogens is 1. The van der Waals surface area contributed by atoms with Crippen LogP contribution in [0.1, 0.15) is 5.89 Å². The van der Waals surface area contributed by atoms with Gasteiger partial charge in [0.05, 0.1) is 12.0 Å². The van der Waals surface area contributed by atoms with Gasteiger partial charge in [-0.2, -0.15) is 5.90 Å². The van der Waals surface area contributed by atoms with Crippen LogP contribution < -0.4 is 5.90 Å². The molecular weight excluding hydrogens is 300 g/mol. The zero-order chi connectivity index (χ0) is 15.4. The maximum Gasteiger partial charge on any atom is 0.192 e. The van der Waals surface area contributed by atoms with E-state index in [0.29, 0.717) is 5.89 Å². The lowest BCUT2D eigenvalue weighted by atomic mass is 10.1. The first kappa shape index (κ1) is 14.8. The summed E-state index contributed by atoms with van der Waals surface area (Å²) in [5.41, 5.74) is 2.80. The third-order valence-electron chi connectivity index (χ3n) is 3.07. The Balaban J connectivity index is 1.95. The van der Waals surface area contributed by atoms with Crippen LogP contribution in [-0.2, 0) is 9.32 Å². The molecule has 0 aliphatic carbocycles. The van der Waals surface area contributed by atoms with Gasteiger partial charge in [-0.15, -0.1) is 9.32 Å². The summed E-state index contributed by atoms with van der Waals surface area (Å²) in [6.45, 7) is 1.84. The molecule has 0 atom stereocenters. The molecule has 0 saturated carbocycles. The number of rotatable bonds is 5. The fourth-order valence-corrected chi connectivity index (χ4v) is 2.50. The zero-order valence-electron chi connectivity index (χ0n) is 11.9. The highest BCUT2D eigenvalue weighted by Crippen LogP contribution is 2.33. The Morgan fingerprint density at radius 1 is 1.00 bits per heavy atom. The van der Waals surface area contributed by atoms with Gasteiger partial charge in [0.2, 0.25) is 0 Å². The molecule has 6 heteroatoms. The van der Waals surface area contributed by atoms with E-state index in [1.54, 1.807) is 0 Å². The molecule has 0 bridgehead atoms. The number of nitrogens with two attached hydrogens (primary N) is 1. The minimum Gasteiger partial charge on any atom is -0.440 e. The second kappa shape index (κ2) is 6.76. The molecule has 22 heavy (non-hydrogen) atoms. The number of hydrogen-bond acceptors (Lipinski definition) is 6. The average Bonchev–Trinajstić information content (AvgIpc) is 2.96. The Morgan fingerprint density at radius 2 is 1.73 bits per heavy atom. The molecule has 0 amide bonds. The molecule has 0 aliphatic rings. The van der Waals surface area contributed by atoms with Crippen molar-refractivity contribution in [2.75, 3.05) is 0 Å².